The molecule has 3 rings (SSSR count). The van der Waals surface area contributed by atoms with Gasteiger partial charge in [0.15, 0.2) is 5.78 Å². The van der Waals surface area contributed by atoms with Gasteiger partial charge in [-0.25, -0.2) is 4.39 Å². The highest BCUT2D eigenvalue weighted by atomic mass is 32.1. The molecule has 0 aliphatic heterocycles. The van der Waals surface area contributed by atoms with E-state index in [1.54, 1.807) is 12.1 Å². The van der Waals surface area contributed by atoms with Crippen LogP contribution in [0.5, 0.6) is 0 Å². The van der Waals surface area contributed by atoms with E-state index in [1.807, 2.05) is 31.2 Å². The number of carbonyl (C=O) groups is 1. The topological polar surface area (TPSA) is 17.1 Å². The number of hydrogen-bond donors (Lipinski definition) is 0. The Morgan fingerprint density at radius 3 is 2.60 bits per heavy atom. The minimum absolute atomic E-state index is 0.0791. The van der Waals surface area contributed by atoms with Gasteiger partial charge in [0.2, 0.25) is 0 Å². The van der Waals surface area contributed by atoms with Gasteiger partial charge in [-0.3, -0.25) is 4.79 Å². The number of rotatable bonds is 3. The summed E-state index contributed by atoms with van der Waals surface area (Å²) in [6.45, 7) is 2.02. The van der Waals surface area contributed by atoms with Crippen LogP contribution in [0.2, 0.25) is 0 Å². The molecular weight excluding hydrogens is 271 g/mol. The highest BCUT2D eigenvalue weighted by Crippen LogP contribution is 2.27. The Kier molecular flexibility index (Phi) is 3.36. The summed E-state index contributed by atoms with van der Waals surface area (Å²) >= 11 is 1.42. The Morgan fingerprint density at radius 1 is 1.10 bits per heavy atom. The lowest BCUT2D eigenvalue weighted by atomic mass is 10.1. The molecule has 0 aliphatic rings. The van der Waals surface area contributed by atoms with E-state index in [-0.39, 0.29) is 11.6 Å². The monoisotopic (exact) mass is 284 g/mol. The van der Waals surface area contributed by atoms with E-state index in [0.717, 1.165) is 15.6 Å². The molecule has 0 bridgehead atoms. The lowest BCUT2D eigenvalue weighted by Crippen LogP contribution is -2.00. The van der Waals surface area contributed by atoms with E-state index in [4.69, 9.17) is 0 Å². The zero-order valence-electron chi connectivity index (χ0n) is 11.0. The molecule has 100 valence electrons. The summed E-state index contributed by atoms with van der Waals surface area (Å²) in [5, 5.41) is 0.794. The maximum atomic E-state index is 13.2. The normalized spacial score (nSPS) is 10.9. The molecule has 0 aliphatic carbocycles. The van der Waals surface area contributed by atoms with Gasteiger partial charge >= 0.3 is 0 Å². The molecule has 0 amide bonds. The first-order valence-corrected chi connectivity index (χ1v) is 7.21. The van der Waals surface area contributed by atoms with Crippen molar-refractivity contribution < 1.29 is 9.18 Å². The van der Waals surface area contributed by atoms with Gasteiger partial charge in [0.1, 0.15) is 5.82 Å². The van der Waals surface area contributed by atoms with E-state index in [1.165, 1.54) is 29.0 Å². The zero-order chi connectivity index (χ0) is 14.1. The summed E-state index contributed by atoms with van der Waals surface area (Å²) in [6.07, 6.45) is 0.385. The SMILES string of the molecule is Cc1ccc(CC(=O)c2cc3cc(F)ccc3s2)cc1. The lowest BCUT2D eigenvalue weighted by Gasteiger charge is -1.99. The molecule has 0 N–H and O–H groups in total. The fourth-order valence-corrected chi connectivity index (χ4v) is 3.11. The van der Waals surface area contributed by atoms with Crippen molar-refractivity contribution >= 4 is 27.2 Å². The lowest BCUT2D eigenvalue weighted by molar-refractivity contribution is 0.0997. The van der Waals surface area contributed by atoms with Crippen molar-refractivity contribution in [2.45, 2.75) is 13.3 Å². The number of fused-ring (bicyclic) bond motifs is 1. The van der Waals surface area contributed by atoms with Crippen LogP contribution in [-0.2, 0) is 6.42 Å². The summed E-state index contributed by atoms with van der Waals surface area (Å²) in [6, 6.07) is 14.3. The minimum Gasteiger partial charge on any atom is -0.293 e. The number of benzene rings is 2. The molecule has 1 heterocycles. The first-order valence-electron chi connectivity index (χ1n) is 6.40. The molecule has 3 aromatic rings. The fraction of sp³-hybridized carbons (Fsp3) is 0.118. The van der Waals surface area contributed by atoms with Crippen molar-refractivity contribution in [3.05, 3.63) is 70.4 Å². The quantitative estimate of drug-likeness (QED) is 0.633. The first-order chi connectivity index (χ1) is 9.61. The van der Waals surface area contributed by atoms with Gasteiger partial charge in [0, 0.05) is 11.1 Å². The summed E-state index contributed by atoms with van der Waals surface area (Å²) in [4.78, 5) is 13.0. The van der Waals surface area contributed by atoms with Crippen LogP contribution < -0.4 is 0 Å². The molecule has 0 unspecified atom stereocenters. The molecule has 0 spiro atoms. The maximum absolute atomic E-state index is 13.2. The van der Waals surface area contributed by atoms with Gasteiger partial charge in [0.25, 0.3) is 0 Å². The molecule has 1 aromatic heterocycles. The van der Waals surface area contributed by atoms with Crippen molar-refractivity contribution in [2.75, 3.05) is 0 Å². The third-order valence-electron chi connectivity index (χ3n) is 3.24. The van der Waals surface area contributed by atoms with Crippen molar-refractivity contribution in [1.29, 1.82) is 0 Å². The molecule has 2 aromatic carbocycles. The van der Waals surface area contributed by atoms with Gasteiger partial charge in [-0.2, -0.15) is 0 Å². The van der Waals surface area contributed by atoms with Crippen LogP contribution in [0.15, 0.2) is 48.5 Å². The van der Waals surface area contributed by atoms with Crippen molar-refractivity contribution in [2.24, 2.45) is 0 Å². The highest BCUT2D eigenvalue weighted by molar-refractivity contribution is 7.20. The molecule has 3 heteroatoms. The van der Waals surface area contributed by atoms with E-state index in [9.17, 15) is 9.18 Å². The zero-order valence-corrected chi connectivity index (χ0v) is 11.8. The number of aryl methyl sites for hydroxylation is 1. The van der Waals surface area contributed by atoms with Crippen molar-refractivity contribution in [3.63, 3.8) is 0 Å². The van der Waals surface area contributed by atoms with Crippen molar-refractivity contribution in [1.82, 2.24) is 0 Å². The third kappa shape index (κ3) is 2.63. The maximum Gasteiger partial charge on any atom is 0.177 e. The number of Topliss-reactive ketones (excluding diaryl/α,β-unsaturated/α-hetero) is 1. The van der Waals surface area contributed by atoms with Crippen LogP contribution in [0.1, 0.15) is 20.8 Å². The Morgan fingerprint density at radius 2 is 1.85 bits per heavy atom. The second kappa shape index (κ2) is 5.17. The minimum atomic E-state index is -0.271. The standard InChI is InChI=1S/C17H13FOS/c1-11-2-4-12(5-3-11)8-15(19)17-10-13-9-14(18)6-7-16(13)20-17/h2-7,9-10H,8H2,1H3. The predicted molar refractivity (Wildman–Crippen MR) is 81.0 cm³/mol. The Labute approximate surface area is 120 Å². The highest BCUT2D eigenvalue weighted by Gasteiger charge is 2.11. The van der Waals surface area contributed by atoms with Crippen LogP contribution in [0, 0.1) is 12.7 Å². The summed E-state index contributed by atoms with van der Waals surface area (Å²) < 4.78 is 14.1. The summed E-state index contributed by atoms with van der Waals surface area (Å²) in [5.74, 6) is -0.191. The Hall–Kier alpha value is -2.00. The van der Waals surface area contributed by atoms with E-state index in [2.05, 4.69) is 0 Å². The second-order valence-corrected chi connectivity index (χ2v) is 5.96. The van der Waals surface area contributed by atoms with Gasteiger partial charge in [-0.1, -0.05) is 29.8 Å². The second-order valence-electron chi connectivity index (χ2n) is 4.88. The third-order valence-corrected chi connectivity index (χ3v) is 4.40. The summed E-state index contributed by atoms with van der Waals surface area (Å²) in [7, 11) is 0. The molecule has 0 saturated heterocycles. The molecule has 0 radical (unpaired) electrons. The van der Waals surface area contributed by atoms with Crippen LogP contribution in [0.3, 0.4) is 0 Å². The fourth-order valence-electron chi connectivity index (χ4n) is 2.13. The smallest absolute Gasteiger partial charge is 0.177 e. The molecule has 0 fully saturated rings. The molecule has 0 atom stereocenters. The van der Waals surface area contributed by atoms with Gasteiger partial charge in [0.05, 0.1) is 4.88 Å². The van der Waals surface area contributed by atoms with E-state index < -0.39 is 0 Å². The average Bonchev–Trinajstić information content (AvgIpc) is 2.84. The molecule has 1 nitrogen and oxygen atoms in total. The largest absolute Gasteiger partial charge is 0.293 e. The number of thiophene rings is 1. The number of hydrogen-bond acceptors (Lipinski definition) is 2. The Balaban J connectivity index is 1.86. The van der Waals surface area contributed by atoms with Crippen LogP contribution >= 0.6 is 11.3 Å². The predicted octanol–water partition coefficient (Wildman–Crippen LogP) is 4.77. The van der Waals surface area contributed by atoms with Crippen molar-refractivity contribution in [3.8, 4) is 0 Å². The van der Waals surface area contributed by atoms with E-state index in [0.29, 0.717) is 11.3 Å². The van der Waals surface area contributed by atoms with Gasteiger partial charge in [-0.15, -0.1) is 11.3 Å². The summed E-state index contributed by atoms with van der Waals surface area (Å²) in [5.41, 5.74) is 2.18. The number of ketones is 1. The number of halogens is 1. The van der Waals surface area contributed by atoms with Gasteiger partial charge in [-0.05, 0) is 42.1 Å². The number of carbonyl (C=O) groups excluding carboxylic acids is 1. The van der Waals surface area contributed by atoms with E-state index >= 15 is 0 Å². The van der Waals surface area contributed by atoms with Crippen LogP contribution in [0.25, 0.3) is 10.1 Å². The van der Waals surface area contributed by atoms with Gasteiger partial charge < -0.3 is 0 Å². The van der Waals surface area contributed by atoms with Crippen LogP contribution in [0.4, 0.5) is 4.39 Å². The van der Waals surface area contributed by atoms with Crippen LogP contribution in [-0.4, -0.2) is 5.78 Å². The molecule has 0 saturated carbocycles. The molecule has 20 heavy (non-hydrogen) atoms. The molecular formula is C17H13FOS. The Bertz CT molecular complexity index is 771. The average molecular weight is 284 g/mol. The first kappa shape index (κ1) is 13.0.